The average molecular weight is 261 g/mol. The predicted molar refractivity (Wildman–Crippen MR) is 48.8 cm³/mol. The Bertz CT molecular complexity index is 395. The standard InChI is InChI=1S/C5H4IN5/c6-4-2-3(10-11-4)5(7)9-1-8-2/h1H,(H,10,11)(H2,7,8,9). The molecule has 2 rings (SSSR count). The van der Waals surface area contributed by atoms with Crippen LogP contribution in [0, 0.1) is 3.70 Å². The fourth-order valence-electron chi connectivity index (χ4n) is 0.821. The lowest BCUT2D eigenvalue weighted by atomic mass is 10.4. The molecule has 6 heteroatoms. The highest BCUT2D eigenvalue weighted by molar-refractivity contribution is 14.1. The van der Waals surface area contributed by atoms with Crippen LogP contribution in [0.2, 0.25) is 0 Å². The third-order valence-electron chi connectivity index (χ3n) is 1.32. The Hall–Kier alpha value is -0.920. The molecule has 56 valence electrons. The number of aromatic nitrogens is 4. The maximum absolute atomic E-state index is 5.53. The van der Waals surface area contributed by atoms with E-state index in [2.05, 4.69) is 42.8 Å². The van der Waals surface area contributed by atoms with Crippen molar-refractivity contribution in [3.05, 3.63) is 10.0 Å². The van der Waals surface area contributed by atoms with Gasteiger partial charge in [-0.15, -0.1) is 0 Å². The molecule has 0 bridgehead atoms. The van der Waals surface area contributed by atoms with Crippen LogP contribution in [0.25, 0.3) is 11.0 Å². The maximum Gasteiger partial charge on any atom is 0.155 e. The largest absolute Gasteiger partial charge is 0.382 e. The number of anilines is 1. The summed E-state index contributed by atoms with van der Waals surface area (Å²) in [5.74, 6) is 0.411. The van der Waals surface area contributed by atoms with Crippen molar-refractivity contribution in [3.8, 4) is 0 Å². The second-order valence-corrected chi connectivity index (χ2v) is 3.07. The number of nitrogens with zero attached hydrogens (tertiary/aromatic N) is 3. The number of halogens is 1. The van der Waals surface area contributed by atoms with Gasteiger partial charge in [0.05, 0.1) is 0 Å². The zero-order valence-electron chi connectivity index (χ0n) is 5.37. The van der Waals surface area contributed by atoms with Gasteiger partial charge >= 0.3 is 0 Å². The first-order chi connectivity index (χ1) is 5.29. The Morgan fingerprint density at radius 3 is 2.91 bits per heavy atom. The molecule has 0 amide bonds. The van der Waals surface area contributed by atoms with Crippen LogP contribution in [0.4, 0.5) is 5.82 Å². The number of nitrogen functional groups attached to an aromatic ring is 1. The van der Waals surface area contributed by atoms with Crippen molar-refractivity contribution in [1.29, 1.82) is 0 Å². The smallest absolute Gasteiger partial charge is 0.155 e. The summed E-state index contributed by atoms with van der Waals surface area (Å²) < 4.78 is 0.881. The van der Waals surface area contributed by atoms with Crippen molar-refractivity contribution < 1.29 is 0 Å². The second kappa shape index (κ2) is 2.29. The number of nitrogens with two attached hydrogens (primary N) is 1. The predicted octanol–water partition coefficient (Wildman–Crippen LogP) is 0.540. The van der Waals surface area contributed by atoms with Crippen LogP contribution >= 0.6 is 22.6 Å². The first-order valence-corrected chi connectivity index (χ1v) is 3.97. The fraction of sp³-hybridized carbons (Fsp3) is 0. The van der Waals surface area contributed by atoms with E-state index in [1.165, 1.54) is 6.33 Å². The minimum atomic E-state index is 0.411. The van der Waals surface area contributed by atoms with E-state index in [1.807, 2.05) is 0 Å². The number of rotatable bonds is 0. The zero-order valence-corrected chi connectivity index (χ0v) is 7.53. The number of hydrogen-bond acceptors (Lipinski definition) is 4. The van der Waals surface area contributed by atoms with Crippen LogP contribution in [0.3, 0.4) is 0 Å². The Morgan fingerprint density at radius 1 is 1.36 bits per heavy atom. The topological polar surface area (TPSA) is 80.5 Å². The van der Waals surface area contributed by atoms with Gasteiger partial charge in [-0.3, -0.25) is 5.10 Å². The molecule has 2 aromatic rings. The van der Waals surface area contributed by atoms with E-state index in [9.17, 15) is 0 Å². The number of aromatic amines is 1. The number of hydrogen-bond donors (Lipinski definition) is 2. The Kier molecular flexibility index (Phi) is 1.41. The Labute approximate surface area is 75.6 Å². The summed E-state index contributed by atoms with van der Waals surface area (Å²) in [6.45, 7) is 0. The highest BCUT2D eigenvalue weighted by atomic mass is 127. The highest BCUT2D eigenvalue weighted by Crippen LogP contribution is 2.17. The minimum Gasteiger partial charge on any atom is -0.382 e. The summed E-state index contributed by atoms with van der Waals surface area (Å²) >= 11 is 2.11. The van der Waals surface area contributed by atoms with Crippen molar-refractivity contribution in [3.63, 3.8) is 0 Å². The van der Waals surface area contributed by atoms with Gasteiger partial charge < -0.3 is 5.73 Å². The molecule has 0 aliphatic rings. The van der Waals surface area contributed by atoms with Gasteiger partial charge in [0, 0.05) is 0 Å². The van der Waals surface area contributed by atoms with Crippen molar-refractivity contribution in [1.82, 2.24) is 20.2 Å². The van der Waals surface area contributed by atoms with Gasteiger partial charge in [-0.05, 0) is 22.6 Å². The lowest BCUT2D eigenvalue weighted by Crippen LogP contribution is -1.91. The van der Waals surface area contributed by atoms with Crippen molar-refractivity contribution in [2.45, 2.75) is 0 Å². The van der Waals surface area contributed by atoms with Crippen LogP contribution in [0.1, 0.15) is 0 Å². The minimum absolute atomic E-state index is 0.411. The van der Waals surface area contributed by atoms with Gasteiger partial charge in [0.1, 0.15) is 15.5 Å². The highest BCUT2D eigenvalue weighted by Gasteiger charge is 2.05. The molecule has 0 aromatic carbocycles. The van der Waals surface area contributed by atoms with E-state index in [4.69, 9.17) is 5.73 Å². The van der Waals surface area contributed by atoms with Gasteiger partial charge in [-0.1, -0.05) is 0 Å². The normalized spacial score (nSPS) is 10.6. The molecule has 2 aromatic heterocycles. The van der Waals surface area contributed by atoms with E-state index in [1.54, 1.807) is 0 Å². The van der Waals surface area contributed by atoms with Crippen LogP contribution in [0.15, 0.2) is 6.33 Å². The Morgan fingerprint density at radius 2 is 2.18 bits per heavy atom. The van der Waals surface area contributed by atoms with E-state index in [0.717, 1.165) is 9.22 Å². The molecule has 2 heterocycles. The second-order valence-electron chi connectivity index (χ2n) is 1.99. The molecule has 0 atom stereocenters. The summed E-state index contributed by atoms with van der Waals surface area (Å²) in [4.78, 5) is 7.81. The van der Waals surface area contributed by atoms with Crippen LogP contribution in [0.5, 0.6) is 0 Å². The third kappa shape index (κ3) is 0.934. The van der Waals surface area contributed by atoms with Crippen molar-refractivity contribution in [2.24, 2.45) is 0 Å². The number of nitrogens with one attached hydrogen (secondary N) is 1. The molecular formula is C5H4IN5. The molecule has 0 radical (unpaired) electrons. The lowest BCUT2D eigenvalue weighted by molar-refractivity contribution is 1.09. The third-order valence-corrected chi connectivity index (χ3v) is 2.08. The quantitative estimate of drug-likeness (QED) is 0.678. The molecule has 5 nitrogen and oxygen atoms in total. The average Bonchev–Trinajstić information content (AvgIpc) is 2.35. The lowest BCUT2D eigenvalue weighted by Gasteiger charge is -1.89. The van der Waals surface area contributed by atoms with Gasteiger partial charge in [-0.2, -0.15) is 5.10 Å². The molecule has 0 aliphatic carbocycles. The zero-order chi connectivity index (χ0) is 7.84. The molecule has 0 unspecified atom stereocenters. The van der Waals surface area contributed by atoms with Gasteiger partial charge in [0.15, 0.2) is 11.3 Å². The Balaban J connectivity index is 2.94. The van der Waals surface area contributed by atoms with Crippen molar-refractivity contribution in [2.75, 3.05) is 5.73 Å². The molecule has 0 fully saturated rings. The van der Waals surface area contributed by atoms with Crippen LogP contribution in [-0.2, 0) is 0 Å². The molecule has 11 heavy (non-hydrogen) atoms. The molecule has 0 spiro atoms. The molecule has 3 N–H and O–H groups in total. The number of H-pyrrole nitrogens is 1. The summed E-state index contributed by atoms with van der Waals surface area (Å²) in [6.07, 6.45) is 1.43. The molecule has 0 saturated carbocycles. The molecule has 0 aliphatic heterocycles. The SMILES string of the molecule is Nc1ncnc2c(I)[nH]nc12. The van der Waals surface area contributed by atoms with Gasteiger partial charge in [0.2, 0.25) is 0 Å². The summed E-state index contributed by atoms with van der Waals surface area (Å²) in [5, 5.41) is 6.71. The summed E-state index contributed by atoms with van der Waals surface area (Å²) in [5.41, 5.74) is 6.94. The van der Waals surface area contributed by atoms with E-state index in [-0.39, 0.29) is 0 Å². The van der Waals surface area contributed by atoms with Crippen LogP contribution in [-0.4, -0.2) is 20.2 Å². The van der Waals surface area contributed by atoms with Crippen LogP contribution < -0.4 is 5.73 Å². The fourth-order valence-corrected chi connectivity index (χ4v) is 1.34. The molecule has 0 saturated heterocycles. The van der Waals surface area contributed by atoms with E-state index >= 15 is 0 Å². The van der Waals surface area contributed by atoms with Crippen molar-refractivity contribution >= 4 is 39.4 Å². The summed E-state index contributed by atoms with van der Waals surface area (Å²) in [7, 11) is 0. The van der Waals surface area contributed by atoms with Gasteiger partial charge in [-0.25, -0.2) is 9.97 Å². The summed E-state index contributed by atoms with van der Waals surface area (Å²) in [6, 6.07) is 0. The first kappa shape index (κ1) is 6.77. The van der Waals surface area contributed by atoms with E-state index in [0.29, 0.717) is 11.3 Å². The van der Waals surface area contributed by atoms with Gasteiger partial charge in [0.25, 0.3) is 0 Å². The first-order valence-electron chi connectivity index (χ1n) is 2.89. The number of fused-ring (bicyclic) bond motifs is 1. The maximum atomic E-state index is 5.53. The van der Waals surface area contributed by atoms with E-state index < -0.39 is 0 Å². The monoisotopic (exact) mass is 261 g/mol. The molecular weight excluding hydrogens is 257 g/mol.